The highest BCUT2D eigenvalue weighted by molar-refractivity contribution is 7.47. The number of hydrogen-bond donors (Lipinski definition) is 3. The number of phosphoric acid groups is 1. The summed E-state index contributed by atoms with van der Waals surface area (Å²) in [4.78, 5) is 33.5. The van der Waals surface area contributed by atoms with Gasteiger partial charge in [-0.05, 0) is 77.0 Å². The highest BCUT2D eigenvalue weighted by Crippen LogP contribution is 2.43. The molecule has 0 radical (unpaired) electrons. The van der Waals surface area contributed by atoms with E-state index < -0.39 is 45.1 Å². The zero-order valence-corrected chi connectivity index (χ0v) is 38.6. The standard InChI is InChI=1S/C50H82NO9P/c1-3-5-7-9-11-13-15-17-19-20-21-22-23-24-25-26-27-29-31-33-35-37-39-41-43-57-44-47(45-58-61(55,56)59-46-48(51)50(53)54)60-49(52)42-40-38-36-34-32-30-28-18-16-14-12-10-8-6-4-2/h5-8,11-14,17-19,21-22,28,32,34,38,40,47-48H,3-4,9-10,15-16,20,23-27,29-31,33,35-37,39,41-46,51H2,1-2H3,(H,53,54)(H,55,56)/b7-5-,8-6-,13-11-,14-12-,19-17-,22-21-,28-18-,34-32-,40-38-. The third-order valence-electron chi connectivity index (χ3n) is 9.08. The van der Waals surface area contributed by atoms with E-state index in [-0.39, 0.29) is 13.0 Å². The number of carbonyl (C=O) groups is 2. The number of aliphatic carboxylic acids is 1. The van der Waals surface area contributed by atoms with Crippen molar-refractivity contribution >= 4 is 19.8 Å². The predicted octanol–water partition coefficient (Wildman–Crippen LogP) is 13.1. The third-order valence-corrected chi connectivity index (χ3v) is 10.0. The Balaban J connectivity index is 4.27. The molecular formula is C50H82NO9P. The van der Waals surface area contributed by atoms with Crippen LogP contribution in [0.1, 0.15) is 155 Å². The van der Waals surface area contributed by atoms with Gasteiger partial charge in [-0.3, -0.25) is 18.6 Å². The van der Waals surface area contributed by atoms with Crippen molar-refractivity contribution < 1.29 is 42.7 Å². The predicted molar refractivity (Wildman–Crippen MR) is 253 cm³/mol. The Morgan fingerprint density at radius 1 is 0.525 bits per heavy atom. The first-order valence-corrected chi connectivity index (χ1v) is 24.4. The fraction of sp³-hybridized carbons (Fsp3) is 0.600. The molecule has 0 bridgehead atoms. The number of carboxylic acids is 1. The number of nitrogens with two attached hydrogens (primary N) is 1. The first-order valence-electron chi connectivity index (χ1n) is 22.9. The topological polar surface area (TPSA) is 155 Å². The van der Waals surface area contributed by atoms with Gasteiger partial charge in [0.15, 0.2) is 0 Å². The van der Waals surface area contributed by atoms with Crippen molar-refractivity contribution in [3.05, 3.63) is 109 Å². The van der Waals surface area contributed by atoms with Gasteiger partial charge in [0.2, 0.25) is 0 Å². The van der Waals surface area contributed by atoms with Crippen molar-refractivity contribution in [3.8, 4) is 0 Å². The van der Waals surface area contributed by atoms with E-state index >= 15 is 0 Å². The Labute approximate surface area is 370 Å². The van der Waals surface area contributed by atoms with E-state index in [1.807, 2.05) is 12.2 Å². The van der Waals surface area contributed by atoms with Gasteiger partial charge in [0, 0.05) is 6.61 Å². The minimum absolute atomic E-state index is 0.0114. The molecule has 3 atom stereocenters. The van der Waals surface area contributed by atoms with E-state index in [1.165, 1.54) is 51.4 Å². The summed E-state index contributed by atoms with van der Waals surface area (Å²) in [6.07, 6.45) is 60.4. The van der Waals surface area contributed by atoms with Crippen LogP contribution < -0.4 is 5.73 Å². The van der Waals surface area contributed by atoms with Gasteiger partial charge in [0.1, 0.15) is 12.1 Å². The molecule has 0 aliphatic carbocycles. The highest BCUT2D eigenvalue weighted by Gasteiger charge is 2.27. The molecule has 0 aliphatic rings. The SMILES string of the molecule is CC/C=C\C/C=C\C/C=C\C/C=C\C/C=C\CC(=O)OC(COCCCCCCCCCCCCC/C=C\C/C=C\C/C=C\C/C=C\CC)COP(=O)(O)OCC(N)C(=O)O. The van der Waals surface area contributed by atoms with Gasteiger partial charge in [-0.1, -0.05) is 181 Å². The second-order valence-corrected chi connectivity index (χ2v) is 16.2. The monoisotopic (exact) mass is 872 g/mol. The van der Waals surface area contributed by atoms with Crippen molar-refractivity contribution in [1.29, 1.82) is 0 Å². The Kier molecular flexibility index (Phi) is 42.2. The molecule has 0 aromatic carbocycles. The van der Waals surface area contributed by atoms with Crippen molar-refractivity contribution in [2.45, 2.75) is 167 Å². The minimum atomic E-state index is -4.65. The molecule has 0 aromatic rings. The Bertz CT molecular complexity index is 1380. The highest BCUT2D eigenvalue weighted by atomic mass is 31.2. The molecule has 0 amide bonds. The van der Waals surface area contributed by atoms with Crippen LogP contribution in [-0.4, -0.2) is 60.5 Å². The van der Waals surface area contributed by atoms with Crippen LogP contribution in [0.15, 0.2) is 109 Å². The van der Waals surface area contributed by atoms with Crippen molar-refractivity contribution in [2.75, 3.05) is 26.4 Å². The second-order valence-electron chi connectivity index (χ2n) is 14.8. The third kappa shape index (κ3) is 44.5. The number of carbonyl (C=O) groups excluding carboxylic acids is 1. The molecule has 346 valence electrons. The molecule has 0 rings (SSSR count). The summed E-state index contributed by atoms with van der Waals surface area (Å²) in [5.41, 5.74) is 5.35. The van der Waals surface area contributed by atoms with E-state index in [2.05, 4.69) is 105 Å². The average molecular weight is 872 g/mol. The molecule has 4 N–H and O–H groups in total. The number of rotatable bonds is 42. The summed E-state index contributed by atoms with van der Waals surface area (Å²) >= 11 is 0. The Morgan fingerprint density at radius 2 is 0.902 bits per heavy atom. The van der Waals surface area contributed by atoms with Gasteiger partial charge < -0.3 is 25.2 Å². The lowest BCUT2D eigenvalue weighted by molar-refractivity contribution is -0.153. The van der Waals surface area contributed by atoms with Crippen LogP contribution in [-0.2, 0) is 32.7 Å². The maximum Gasteiger partial charge on any atom is 0.472 e. The fourth-order valence-corrected chi connectivity index (χ4v) is 6.39. The molecule has 0 saturated carbocycles. The fourth-order valence-electron chi connectivity index (χ4n) is 5.61. The van der Waals surface area contributed by atoms with Crippen LogP contribution in [0.3, 0.4) is 0 Å². The van der Waals surface area contributed by atoms with Crippen LogP contribution in [0.25, 0.3) is 0 Å². The largest absolute Gasteiger partial charge is 0.480 e. The number of unbranched alkanes of at least 4 members (excludes halogenated alkanes) is 11. The average Bonchev–Trinajstić information content (AvgIpc) is 3.24. The number of carboxylic acid groups (broad SMARTS) is 1. The molecule has 0 heterocycles. The van der Waals surface area contributed by atoms with Gasteiger partial charge in [-0.2, -0.15) is 0 Å². The maximum atomic E-state index is 12.6. The minimum Gasteiger partial charge on any atom is -0.480 e. The number of phosphoric ester groups is 1. The van der Waals surface area contributed by atoms with Crippen LogP contribution in [0.4, 0.5) is 0 Å². The van der Waals surface area contributed by atoms with E-state index in [0.717, 1.165) is 77.0 Å². The summed E-state index contributed by atoms with van der Waals surface area (Å²) in [6.45, 7) is 3.50. The van der Waals surface area contributed by atoms with Gasteiger partial charge in [0.25, 0.3) is 0 Å². The maximum absolute atomic E-state index is 12.6. The summed E-state index contributed by atoms with van der Waals surface area (Å²) in [7, 11) is -4.65. The molecule has 0 fully saturated rings. The number of ether oxygens (including phenoxy) is 2. The molecule has 61 heavy (non-hydrogen) atoms. The van der Waals surface area contributed by atoms with Crippen LogP contribution in [0.2, 0.25) is 0 Å². The second kappa shape index (κ2) is 44.7. The molecular weight excluding hydrogens is 790 g/mol. The lowest BCUT2D eigenvalue weighted by atomic mass is 10.1. The normalized spacial score (nSPS) is 14.8. The van der Waals surface area contributed by atoms with Crippen LogP contribution in [0, 0.1) is 0 Å². The van der Waals surface area contributed by atoms with Crippen molar-refractivity contribution in [2.24, 2.45) is 5.73 Å². The zero-order valence-electron chi connectivity index (χ0n) is 37.7. The lowest BCUT2D eigenvalue weighted by Crippen LogP contribution is -2.34. The molecule has 11 heteroatoms. The van der Waals surface area contributed by atoms with Crippen LogP contribution in [0.5, 0.6) is 0 Å². The summed E-state index contributed by atoms with van der Waals surface area (Å²) < 4.78 is 33.2. The molecule has 10 nitrogen and oxygen atoms in total. The van der Waals surface area contributed by atoms with Crippen molar-refractivity contribution in [3.63, 3.8) is 0 Å². The van der Waals surface area contributed by atoms with Gasteiger partial charge in [-0.25, -0.2) is 4.57 Å². The summed E-state index contributed by atoms with van der Waals surface area (Å²) in [6, 6.07) is -1.49. The van der Waals surface area contributed by atoms with Gasteiger partial charge >= 0.3 is 19.8 Å². The van der Waals surface area contributed by atoms with Crippen LogP contribution >= 0.6 is 7.82 Å². The number of esters is 1. The lowest BCUT2D eigenvalue weighted by Gasteiger charge is -2.20. The number of hydrogen-bond acceptors (Lipinski definition) is 8. The smallest absolute Gasteiger partial charge is 0.472 e. The summed E-state index contributed by atoms with van der Waals surface area (Å²) in [5, 5.41) is 8.90. The first kappa shape index (κ1) is 57.6. The van der Waals surface area contributed by atoms with E-state index in [1.54, 1.807) is 6.08 Å². The van der Waals surface area contributed by atoms with E-state index in [4.69, 9.17) is 29.4 Å². The van der Waals surface area contributed by atoms with E-state index in [9.17, 15) is 19.0 Å². The van der Waals surface area contributed by atoms with Gasteiger partial charge in [0.05, 0.1) is 26.2 Å². The molecule has 3 unspecified atom stereocenters. The molecule has 0 aromatic heterocycles. The molecule has 0 spiro atoms. The summed E-state index contributed by atoms with van der Waals surface area (Å²) in [5.74, 6) is -1.92. The van der Waals surface area contributed by atoms with Crippen molar-refractivity contribution in [1.82, 2.24) is 0 Å². The Hall–Kier alpha value is -3.37. The quantitative estimate of drug-likeness (QED) is 0.0234. The first-order chi connectivity index (χ1) is 29.7. The van der Waals surface area contributed by atoms with Gasteiger partial charge in [-0.15, -0.1) is 0 Å². The Morgan fingerprint density at radius 3 is 1.34 bits per heavy atom. The van der Waals surface area contributed by atoms with E-state index in [0.29, 0.717) is 13.0 Å². The molecule has 0 aliphatic heterocycles. The zero-order chi connectivity index (χ0) is 44.8. The number of allylic oxidation sites excluding steroid dienone is 17. The molecule has 0 saturated heterocycles.